The van der Waals surface area contributed by atoms with E-state index in [4.69, 9.17) is 9.84 Å². The topological polar surface area (TPSA) is 119 Å². The smallest absolute Gasteiger partial charge is 0.164 e. The van der Waals surface area contributed by atoms with Crippen LogP contribution in [0.15, 0.2) is 12.4 Å². The van der Waals surface area contributed by atoms with E-state index in [9.17, 15) is 15.3 Å². The lowest BCUT2D eigenvalue weighted by molar-refractivity contribution is -0.251. The third kappa shape index (κ3) is 1.83. The molecule has 16 heavy (non-hydrogen) atoms. The maximum Gasteiger partial charge on any atom is 0.164 e. The first kappa shape index (κ1) is 11.5. The van der Waals surface area contributed by atoms with Crippen LogP contribution in [0, 0.1) is 0 Å². The second kappa shape index (κ2) is 4.48. The average Bonchev–Trinajstić information content (AvgIpc) is 2.77. The molecule has 5 atom stereocenters. The number of hydrogen-bond acceptors (Lipinski definition) is 6. The molecular formula is C9H14N2O5. The Morgan fingerprint density at radius 1 is 1.31 bits per heavy atom. The Kier molecular flexibility index (Phi) is 3.22. The summed E-state index contributed by atoms with van der Waals surface area (Å²) in [7, 11) is 0. The molecule has 5 N–H and O–H groups in total. The zero-order chi connectivity index (χ0) is 11.7. The molecule has 90 valence electrons. The largest absolute Gasteiger partial charge is 0.394 e. The first-order valence-corrected chi connectivity index (χ1v) is 4.94. The molecule has 0 amide bonds. The van der Waals surface area contributed by atoms with Crippen molar-refractivity contribution in [2.45, 2.75) is 30.5 Å². The number of hydrogen-bond donors (Lipinski definition) is 5. The maximum absolute atomic E-state index is 9.84. The van der Waals surface area contributed by atoms with Gasteiger partial charge in [-0.25, -0.2) is 0 Å². The first-order chi connectivity index (χ1) is 7.65. The van der Waals surface area contributed by atoms with Crippen molar-refractivity contribution in [3.8, 4) is 0 Å². The van der Waals surface area contributed by atoms with Crippen molar-refractivity contribution in [3.63, 3.8) is 0 Å². The van der Waals surface area contributed by atoms with Crippen molar-refractivity contribution in [1.82, 2.24) is 10.2 Å². The van der Waals surface area contributed by atoms with Crippen molar-refractivity contribution >= 4 is 0 Å². The number of aromatic amines is 1. The van der Waals surface area contributed by atoms with Gasteiger partial charge in [0.2, 0.25) is 0 Å². The van der Waals surface area contributed by atoms with E-state index in [1.54, 1.807) is 0 Å². The van der Waals surface area contributed by atoms with Gasteiger partial charge in [-0.2, -0.15) is 5.10 Å². The van der Waals surface area contributed by atoms with Gasteiger partial charge in [0.05, 0.1) is 24.8 Å². The molecule has 0 saturated carbocycles. The van der Waals surface area contributed by atoms with Crippen molar-refractivity contribution in [3.05, 3.63) is 18.0 Å². The molecule has 7 heteroatoms. The van der Waals surface area contributed by atoms with Crippen LogP contribution < -0.4 is 0 Å². The van der Waals surface area contributed by atoms with Gasteiger partial charge in [-0.1, -0.05) is 0 Å². The van der Waals surface area contributed by atoms with E-state index < -0.39 is 37.1 Å². The molecule has 0 spiro atoms. The van der Waals surface area contributed by atoms with Gasteiger partial charge in [0.15, 0.2) is 6.29 Å². The van der Waals surface area contributed by atoms with Gasteiger partial charge in [-0.15, -0.1) is 0 Å². The van der Waals surface area contributed by atoms with E-state index in [2.05, 4.69) is 10.2 Å². The zero-order valence-corrected chi connectivity index (χ0v) is 8.39. The minimum Gasteiger partial charge on any atom is -0.394 e. The summed E-state index contributed by atoms with van der Waals surface area (Å²) in [6.45, 7) is -0.465. The van der Waals surface area contributed by atoms with E-state index in [1.807, 2.05) is 0 Å². The van der Waals surface area contributed by atoms with E-state index in [0.717, 1.165) is 0 Å². The van der Waals surface area contributed by atoms with Crippen LogP contribution in [0.1, 0.15) is 11.5 Å². The number of ether oxygens (including phenoxy) is 1. The van der Waals surface area contributed by atoms with Crippen LogP contribution in [-0.2, 0) is 4.74 Å². The molecule has 0 aromatic carbocycles. The van der Waals surface area contributed by atoms with Crippen LogP contribution in [0.5, 0.6) is 0 Å². The molecular weight excluding hydrogens is 216 g/mol. The molecule has 1 aromatic heterocycles. The minimum absolute atomic E-state index is 0.465. The molecule has 0 aliphatic carbocycles. The van der Waals surface area contributed by atoms with Gasteiger partial charge in [-0.3, -0.25) is 5.10 Å². The predicted octanol–water partition coefficient (Wildman–Crippen LogP) is -2.08. The Hall–Kier alpha value is -0.990. The van der Waals surface area contributed by atoms with Crippen LogP contribution in [0.25, 0.3) is 0 Å². The molecule has 0 bridgehead atoms. The lowest BCUT2D eigenvalue weighted by Crippen LogP contribution is -2.54. The molecule has 1 aromatic rings. The number of H-pyrrole nitrogens is 1. The molecule has 1 aliphatic heterocycles. The highest BCUT2D eigenvalue weighted by atomic mass is 16.6. The molecule has 2 rings (SSSR count). The second-order valence-electron chi connectivity index (χ2n) is 3.79. The van der Waals surface area contributed by atoms with Crippen LogP contribution >= 0.6 is 0 Å². The van der Waals surface area contributed by atoms with Gasteiger partial charge in [0.1, 0.15) is 12.2 Å². The molecule has 0 radical (unpaired) electrons. The lowest BCUT2D eigenvalue weighted by atomic mass is 9.87. The summed E-state index contributed by atoms with van der Waals surface area (Å²) < 4.78 is 5.01. The Morgan fingerprint density at radius 3 is 2.62 bits per heavy atom. The van der Waals surface area contributed by atoms with Crippen LogP contribution in [-0.4, -0.2) is 61.8 Å². The fraction of sp³-hybridized carbons (Fsp3) is 0.667. The highest BCUT2D eigenvalue weighted by Gasteiger charge is 2.44. The number of nitrogens with one attached hydrogen (secondary N) is 1. The Labute approximate surface area is 91.3 Å². The van der Waals surface area contributed by atoms with Crippen molar-refractivity contribution in [2.24, 2.45) is 0 Å². The van der Waals surface area contributed by atoms with Crippen molar-refractivity contribution < 1.29 is 25.2 Å². The summed E-state index contributed by atoms with van der Waals surface area (Å²) in [5.41, 5.74) is 0.537. The molecule has 1 aliphatic rings. The van der Waals surface area contributed by atoms with Gasteiger partial charge < -0.3 is 25.2 Å². The fourth-order valence-electron chi connectivity index (χ4n) is 1.90. The quantitative estimate of drug-likeness (QED) is 0.398. The molecule has 1 fully saturated rings. The summed E-state index contributed by atoms with van der Waals surface area (Å²) >= 11 is 0. The summed E-state index contributed by atoms with van der Waals surface area (Å²) in [4.78, 5) is 0. The van der Waals surface area contributed by atoms with Crippen LogP contribution in [0.2, 0.25) is 0 Å². The van der Waals surface area contributed by atoms with Crippen LogP contribution in [0.3, 0.4) is 0 Å². The lowest BCUT2D eigenvalue weighted by Gasteiger charge is -2.39. The van der Waals surface area contributed by atoms with Crippen molar-refractivity contribution in [1.29, 1.82) is 0 Å². The zero-order valence-electron chi connectivity index (χ0n) is 8.39. The van der Waals surface area contributed by atoms with E-state index in [0.29, 0.717) is 5.56 Å². The normalized spacial score (nSPS) is 39.9. The number of rotatable bonds is 2. The molecule has 1 unspecified atom stereocenters. The summed E-state index contributed by atoms with van der Waals surface area (Å²) in [5.74, 6) is -0.781. The van der Waals surface area contributed by atoms with Gasteiger partial charge >= 0.3 is 0 Å². The first-order valence-electron chi connectivity index (χ1n) is 4.94. The van der Waals surface area contributed by atoms with E-state index >= 15 is 0 Å². The molecule has 7 nitrogen and oxygen atoms in total. The van der Waals surface area contributed by atoms with Gasteiger partial charge in [0, 0.05) is 11.8 Å². The third-order valence-corrected chi connectivity index (χ3v) is 2.80. The van der Waals surface area contributed by atoms with Gasteiger partial charge in [-0.05, 0) is 0 Å². The Balaban J connectivity index is 2.21. The number of aliphatic hydroxyl groups excluding tert-OH is 4. The highest BCUT2D eigenvalue weighted by Crippen LogP contribution is 2.32. The number of aliphatic hydroxyl groups is 4. The standard InChI is InChI=1S/C9H14N2O5/c12-3-5-7(13)8(14)6(9(15)16-5)4-1-10-11-2-4/h1-2,5-9,12-15H,3H2,(H,10,11)/t5-,6-,7+,8-,9?/m1/s1. The monoisotopic (exact) mass is 230 g/mol. The van der Waals surface area contributed by atoms with Gasteiger partial charge in [0.25, 0.3) is 0 Å². The highest BCUT2D eigenvalue weighted by molar-refractivity contribution is 5.16. The summed E-state index contributed by atoms with van der Waals surface area (Å²) in [6, 6.07) is 0. The molecule has 2 heterocycles. The SMILES string of the molecule is OC[C@H]1OC(O)[C@H](c2cn[nH]c2)[C@@H](O)[C@H]1O. The third-order valence-electron chi connectivity index (χ3n) is 2.80. The van der Waals surface area contributed by atoms with Crippen LogP contribution in [0.4, 0.5) is 0 Å². The Morgan fingerprint density at radius 2 is 2.06 bits per heavy atom. The number of aromatic nitrogens is 2. The number of nitrogens with zero attached hydrogens (tertiary/aromatic N) is 1. The second-order valence-corrected chi connectivity index (χ2v) is 3.79. The summed E-state index contributed by atoms with van der Waals surface area (Å²) in [6.07, 6.45) is -1.77. The van der Waals surface area contributed by atoms with E-state index in [-0.39, 0.29) is 0 Å². The maximum atomic E-state index is 9.84. The molecule has 1 saturated heterocycles. The average molecular weight is 230 g/mol. The minimum atomic E-state index is -1.28. The van der Waals surface area contributed by atoms with Crippen molar-refractivity contribution in [2.75, 3.05) is 6.61 Å². The predicted molar refractivity (Wildman–Crippen MR) is 51.3 cm³/mol. The summed E-state index contributed by atoms with van der Waals surface area (Å²) in [5, 5.41) is 44.3. The van der Waals surface area contributed by atoms with E-state index in [1.165, 1.54) is 12.4 Å². The fourth-order valence-corrected chi connectivity index (χ4v) is 1.90. The Bertz CT molecular complexity index is 331.